The third kappa shape index (κ3) is 3.66. The van der Waals surface area contributed by atoms with Crippen molar-refractivity contribution in [2.75, 3.05) is 0 Å². The Hall–Kier alpha value is -3.62. The average molecular weight is 375 g/mol. The minimum Gasteiger partial charge on any atom is -0.507 e. The molecule has 0 bridgehead atoms. The van der Waals surface area contributed by atoms with Crippen LogP contribution in [0.1, 0.15) is 26.4 Å². The van der Waals surface area contributed by atoms with Crippen LogP contribution in [0.25, 0.3) is 10.8 Å². The fourth-order valence-electron chi connectivity index (χ4n) is 2.55. The van der Waals surface area contributed by atoms with Gasteiger partial charge in [0.15, 0.2) is 0 Å². The van der Waals surface area contributed by atoms with Crippen LogP contribution < -0.4 is 10.9 Å². The van der Waals surface area contributed by atoms with Gasteiger partial charge in [-0.1, -0.05) is 30.3 Å². The van der Waals surface area contributed by atoms with Crippen LogP contribution in [0, 0.1) is 0 Å². The molecule has 2 aromatic carbocycles. The third-order valence-electron chi connectivity index (χ3n) is 3.75. The normalized spacial score (nSPS) is 11.2. The highest BCUT2D eigenvalue weighted by Crippen LogP contribution is 2.31. The number of fused-ring (bicyclic) bond motifs is 1. The van der Waals surface area contributed by atoms with E-state index in [1.807, 2.05) is 10.9 Å². The van der Waals surface area contributed by atoms with E-state index in [0.29, 0.717) is 16.8 Å². The van der Waals surface area contributed by atoms with Crippen LogP contribution in [-0.4, -0.2) is 21.9 Å². The molecule has 0 saturated heterocycles. The van der Waals surface area contributed by atoms with Crippen LogP contribution in [0.3, 0.4) is 0 Å². The predicted molar refractivity (Wildman–Crippen MR) is 89.8 cm³/mol. The highest BCUT2D eigenvalue weighted by atomic mass is 19.4. The Bertz CT molecular complexity index is 1040. The number of aromatic hydroxyl groups is 1. The van der Waals surface area contributed by atoms with Crippen molar-refractivity contribution in [3.8, 4) is 5.75 Å². The molecule has 3 aromatic rings. The van der Waals surface area contributed by atoms with Crippen molar-refractivity contribution < 1.29 is 27.9 Å². The SMILES string of the molecule is O=C(NNC(=O)c1c(O)ccc2ccccc12)c1ncccc1C(F)(F)F. The number of pyridine rings is 1. The molecule has 0 aliphatic heterocycles. The van der Waals surface area contributed by atoms with Gasteiger partial charge in [0.25, 0.3) is 11.8 Å². The number of aromatic nitrogens is 1. The average Bonchev–Trinajstić information content (AvgIpc) is 2.65. The van der Waals surface area contributed by atoms with Crippen molar-refractivity contribution in [1.82, 2.24) is 15.8 Å². The third-order valence-corrected chi connectivity index (χ3v) is 3.75. The molecule has 1 aromatic heterocycles. The molecule has 27 heavy (non-hydrogen) atoms. The van der Waals surface area contributed by atoms with E-state index in [9.17, 15) is 27.9 Å². The topological polar surface area (TPSA) is 91.3 Å². The first-order valence-corrected chi connectivity index (χ1v) is 7.62. The first-order valence-electron chi connectivity index (χ1n) is 7.62. The van der Waals surface area contributed by atoms with Crippen LogP contribution in [0.2, 0.25) is 0 Å². The van der Waals surface area contributed by atoms with Crippen molar-refractivity contribution in [3.63, 3.8) is 0 Å². The summed E-state index contributed by atoms with van der Waals surface area (Å²) in [5, 5.41) is 11.1. The maximum Gasteiger partial charge on any atom is 0.418 e. The van der Waals surface area contributed by atoms with Crippen molar-refractivity contribution in [1.29, 1.82) is 0 Å². The summed E-state index contributed by atoms with van der Waals surface area (Å²) < 4.78 is 38.9. The first-order chi connectivity index (χ1) is 12.8. The Kier molecular flexibility index (Phi) is 4.68. The molecule has 0 spiro atoms. The molecule has 0 saturated carbocycles. The summed E-state index contributed by atoms with van der Waals surface area (Å²) in [6, 6.07) is 11.4. The summed E-state index contributed by atoms with van der Waals surface area (Å²) in [4.78, 5) is 27.8. The van der Waals surface area contributed by atoms with Crippen LogP contribution >= 0.6 is 0 Å². The number of carbonyl (C=O) groups is 2. The van der Waals surface area contributed by atoms with E-state index >= 15 is 0 Å². The number of phenolic OH excluding ortho intramolecular Hbond substituents is 1. The monoisotopic (exact) mass is 375 g/mol. The van der Waals surface area contributed by atoms with Crippen molar-refractivity contribution in [2.24, 2.45) is 0 Å². The molecule has 2 amide bonds. The Morgan fingerprint density at radius 1 is 0.926 bits per heavy atom. The molecular formula is C18H12F3N3O3. The number of hydrazine groups is 1. The number of amides is 2. The lowest BCUT2D eigenvalue weighted by atomic mass is 10.0. The number of rotatable bonds is 2. The van der Waals surface area contributed by atoms with Gasteiger partial charge in [0.2, 0.25) is 0 Å². The number of benzene rings is 2. The second-order valence-electron chi connectivity index (χ2n) is 5.49. The molecule has 3 rings (SSSR count). The fraction of sp³-hybridized carbons (Fsp3) is 0.0556. The van der Waals surface area contributed by atoms with Crippen molar-refractivity contribution in [3.05, 3.63) is 71.5 Å². The molecule has 0 atom stereocenters. The Morgan fingerprint density at radius 2 is 1.63 bits per heavy atom. The van der Waals surface area contributed by atoms with Gasteiger partial charge in [-0.2, -0.15) is 13.2 Å². The molecule has 0 aliphatic carbocycles. The molecular weight excluding hydrogens is 363 g/mol. The van der Waals surface area contributed by atoms with Gasteiger partial charge in [0.05, 0.1) is 11.1 Å². The highest BCUT2D eigenvalue weighted by Gasteiger charge is 2.36. The van der Waals surface area contributed by atoms with E-state index in [2.05, 4.69) is 4.98 Å². The first kappa shape index (κ1) is 18.2. The standard InChI is InChI=1S/C18H12F3N3O3/c19-18(20,21)12-6-3-9-22-15(12)17(27)24-23-16(26)14-11-5-2-1-4-10(11)7-8-13(14)25/h1-9,25H,(H,23,26)(H,24,27). The minimum atomic E-state index is -4.78. The Balaban J connectivity index is 1.84. The molecule has 6 nitrogen and oxygen atoms in total. The van der Waals surface area contributed by atoms with Crippen molar-refractivity contribution >= 4 is 22.6 Å². The summed E-state index contributed by atoms with van der Waals surface area (Å²) in [7, 11) is 0. The number of hydrogen-bond donors (Lipinski definition) is 3. The number of halogens is 3. The fourth-order valence-corrected chi connectivity index (χ4v) is 2.55. The van der Waals surface area contributed by atoms with E-state index in [0.717, 1.165) is 12.3 Å². The Morgan fingerprint density at radius 3 is 2.37 bits per heavy atom. The van der Waals surface area contributed by atoms with Gasteiger partial charge in [0, 0.05) is 6.20 Å². The van der Waals surface area contributed by atoms with E-state index in [4.69, 9.17) is 0 Å². The lowest BCUT2D eigenvalue weighted by Crippen LogP contribution is -2.42. The molecule has 0 fully saturated rings. The highest BCUT2D eigenvalue weighted by molar-refractivity contribution is 6.10. The summed E-state index contributed by atoms with van der Waals surface area (Å²) in [6.45, 7) is 0. The molecule has 0 unspecified atom stereocenters. The maximum absolute atomic E-state index is 13.0. The van der Waals surface area contributed by atoms with Gasteiger partial charge < -0.3 is 5.11 Å². The summed E-state index contributed by atoms with van der Waals surface area (Å²) >= 11 is 0. The molecule has 9 heteroatoms. The summed E-state index contributed by atoms with van der Waals surface area (Å²) in [5.41, 5.74) is 1.66. The molecule has 138 valence electrons. The van der Waals surface area contributed by atoms with E-state index in [-0.39, 0.29) is 11.3 Å². The van der Waals surface area contributed by atoms with Gasteiger partial charge in [-0.15, -0.1) is 0 Å². The van der Waals surface area contributed by atoms with Gasteiger partial charge in [-0.05, 0) is 29.0 Å². The van der Waals surface area contributed by atoms with Gasteiger partial charge >= 0.3 is 6.18 Å². The molecule has 0 aliphatic rings. The molecule has 0 radical (unpaired) electrons. The summed E-state index contributed by atoms with van der Waals surface area (Å²) in [6.07, 6.45) is -3.75. The quantitative estimate of drug-likeness (QED) is 0.601. The van der Waals surface area contributed by atoms with Crippen LogP contribution in [0.5, 0.6) is 5.75 Å². The lowest BCUT2D eigenvalue weighted by Gasteiger charge is -2.13. The number of nitrogens with one attached hydrogen (secondary N) is 2. The second kappa shape index (κ2) is 6.94. The van der Waals surface area contributed by atoms with E-state index in [1.54, 1.807) is 30.3 Å². The van der Waals surface area contributed by atoms with Crippen LogP contribution in [0.15, 0.2) is 54.7 Å². The zero-order valence-corrected chi connectivity index (χ0v) is 13.5. The van der Waals surface area contributed by atoms with Gasteiger partial charge in [-0.3, -0.25) is 25.4 Å². The smallest absolute Gasteiger partial charge is 0.418 e. The van der Waals surface area contributed by atoms with E-state index < -0.39 is 29.2 Å². The van der Waals surface area contributed by atoms with Crippen molar-refractivity contribution in [2.45, 2.75) is 6.18 Å². The molecule has 3 N–H and O–H groups in total. The number of nitrogens with zero attached hydrogens (tertiary/aromatic N) is 1. The Labute approximate surface area is 150 Å². The largest absolute Gasteiger partial charge is 0.507 e. The number of hydrogen-bond acceptors (Lipinski definition) is 4. The number of carbonyl (C=O) groups excluding carboxylic acids is 2. The molecule has 1 heterocycles. The van der Waals surface area contributed by atoms with E-state index in [1.165, 1.54) is 6.07 Å². The van der Waals surface area contributed by atoms with Gasteiger partial charge in [-0.25, -0.2) is 0 Å². The van der Waals surface area contributed by atoms with Gasteiger partial charge in [0.1, 0.15) is 11.4 Å². The number of alkyl halides is 3. The number of phenols is 1. The van der Waals surface area contributed by atoms with Crippen LogP contribution in [0.4, 0.5) is 13.2 Å². The summed E-state index contributed by atoms with van der Waals surface area (Å²) in [5.74, 6) is -2.47. The zero-order chi connectivity index (χ0) is 19.6. The van der Waals surface area contributed by atoms with Crippen LogP contribution in [-0.2, 0) is 6.18 Å². The lowest BCUT2D eigenvalue weighted by molar-refractivity contribution is -0.138. The zero-order valence-electron chi connectivity index (χ0n) is 13.5. The predicted octanol–water partition coefficient (Wildman–Crippen LogP) is 3.03. The minimum absolute atomic E-state index is 0.120. The second-order valence-corrected chi connectivity index (χ2v) is 5.49. The maximum atomic E-state index is 13.0.